The maximum atomic E-state index is 12.4. The summed E-state index contributed by atoms with van der Waals surface area (Å²) in [6, 6.07) is 0.629. The van der Waals surface area contributed by atoms with E-state index < -0.39 is 5.60 Å². The summed E-state index contributed by atoms with van der Waals surface area (Å²) in [6.07, 6.45) is 4.54. The number of ether oxygens (including phenoxy) is 1. The molecular weight excluding hydrogens is 390 g/mol. The van der Waals surface area contributed by atoms with Crippen molar-refractivity contribution in [1.29, 1.82) is 0 Å². The van der Waals surface area contributed by atoms with Crippen LogP contribution in [0.4, 0.5) is 4.79 Å². The van der Waals surface area contributed by atoms with Gasteiger partial charge in [-0.05, 0) is 85.6 Å². The third kappa shape index (κ3) is 8.51. The van der Waals surface area contributed by atoms with Gasteiger partial charge in [-0.2, -0.15) is 0 Å². The Kier molecular flexibility index (Phi) is 9.91. The lowest BCUT2D eigenvalue weighted by Crippen LogP contribution is -2.50. The van der Waals surface area contributed by atoms with Crippen molar-refractivity contribution in [1.82, 2.24) is 20.0 Å². The van der Waals surface area contributed by atoms with Crippen molar-refractivity contribution >= 4 is 12.1 Å². The third-order valence-electron chi connectivity index (χ3n) is 6.47. The van der Waals surface area contributed by atoms with E-state index in [1.54, 1.807) is 0 Å². The molecule has 0 aliphatic carbocycles. The zero-order chi connectivity index (χ0) is 23.0. The molecule has 2 aliphatic heterocycles. The first-order chi connectivity index (χ1) is 14.6. The third-order valence-corrected chi connectivity index (χ3v) is 6.47. The number of rotatable bonds is 6. The number of carbonyl (C=O) groups is 1. The van der Waals surface area contributed by atoms with Gasteiger partial charge in [0.2, 0.25) is 0 Å². The molecule has 31 heavy (non-hydrogen) atoms. The van der Waals surface area contributed by atoms with E-state index in [9.17, 15) is 4.79 Å². The average Bonchev–Trinajstić information content (AvgIpc) is 2.72. The number of nitrogens with one attached hydrogen (secondary N) is 1. The van der Waals surface area contributed by atoms with E-state index in [1.165, 1.54) is 25.9 Å². The molecule has 2 heterocycles. The number of carbonyl (C=O) groups excluding carboxylic acids is 1. The fourth-order valence-corrected chi connectivity index (χ4v) is 4.60. The molecule has 1 amide bonds. The molecule has 7 nitrogen and oxygen atoms in total. The van der Waals surface area contributed by atoms with Crippen LogP contribution in [0.2, 0.25) is 0 Å². The lowest BCUT2D eigenvalue weighted by molar-refractivity contribution is 0.0214. The van der Waals surface area contributed by atoms with Crippen molar-refractivity contribution in [3.63, 3.8) is 0 Å². The van der Waals surface area contributed by atoms with E-state index in [0.717, 1.165) is 45.0 Å². The van der Waals surface area contributed by atoms with Crippen molar-refractivity contribution in [2.75, 3.05) is 52.9 Å². The first-order valence-electron chi connectivity index (χ1n) is 12.3. The molecule has 0 spiro atoms. The molecule has 0 aromatic carbocycles. The van der Waals surface area contributed by atoms with Crippen molar-refractivity contribution in [2.45, 2.75) is 78.9 Å². The molecule has 1 unspecified atom stereocenters. The van der Waals surface area contributed by atoms with Gasteiger partial charge in [-0.1, -0.05) is 0 Å². The molecule has 2 rings (SSSR count). The molecule has 0 aromatic heterocycles. The number of aliphatic imine (C=N–C) groups is 1. The Balaban J connectivity index is 1.77. The summed E-state index contributed by atoms with van der Waals surface area (Å²) >= 11 is 0. The molecule has 1 atom stereocenters. The first kappa shape index (κ1) is 25.8. The second kappa shape index (κ2) is 11.9. The van der Waals surface area contributed by atoms with Gasteiger partial charge in [0.05, 0.1) is 0 Å². The fraction of sp³-hybridized carbons (Fsp3) is 0.917. The lowest BCUT2D eigenvalue weighted by atomic mass is 9.96. The second-order valence-corrected chi connectivity index (χ2v) is 10.5. The normalized spacial score (nSPS) is 22.0. The smallest absolute Gasteiger partial charge is 0.410 e. The highest BCUT2D eigenvalue weighted by Crippen LogP contribution is 2.21. The zero-order valence-electron chi connectivity index (χ0n) is 21.1. The van der Waals surface area contributed by atoms with Crippen LogP contribution in [-0.4, -0.2) is 91.3 Å². The van der Waals surface area contributed by atoms with Gasteiger partial charge >= 0.3 is 6.09 Å². The minimum absolute atomic E-state index is 0.196. The van der Waals surface area contributed by atoms with E-state index in [0.29, 0.717) is 24.4 Å². The van der Waals surface area contributed by atoms with Crippen LogP contribution < -0.4 is 5.32 Å². The Labute approximate surface area is 190 Å². The van der Waals surface area contributed by atoms with Gasteiger partial charge in [-0.15, -0.1) is 0 Å². The van der Waals surface area contributed by atoms with Crippen LogP contribution in [0.3, 0.4) is 0 Å². The Morgan fingerprint density at radius 2 is 1.84 bits per heavy atom. The fourth-order valence-electron chi connectivity index (χ4n) is 4.60. The highest BCUT2D eigenvalue weighted by Gasteiger charge is 2.28. The Hall–Kier alpha value is -1.50. The van der Waals surface area contributed by atoms with Gasteiger partial charge in [-0.3, -0.25) is 4.99 Å². The molecule has 2 fully saturated rings. The number of likely N-dealkylation sites (tertiary alicyclic amines) is 2. The van der Waals surface area contributed by atoms with Crippen LogP contribution in [0.5, 0.6) is 0 Å². The first-order valence-corrected chi connectivity index (χ1v) is 12.3. The number of hydrogen-bond acceptors (Lipinski definition) is 4. The SMILES string of the molecule is CCN(CC1CCN(C(=NC)NCC2CCCN(C(C)C)C2)CC1)C(=O)OC(C)(C)C. The van der Waals surface area contributed by atoms with Crippen molar-refractivity contribution in [3.05, 3.63) is 0 Å². The van der Waals surface area contributed by atoms with Crippen LogP contribution in [-0.2, 0) is 4.74 Å². The summed E-state index contributed by atoms with van der Waals surface area (Å²) in [7, 11) is 1.89. The molecule has 7 heteroatoms. The summed E-state index contributed by atoms with van der Waals surface area (Å²) in [6.45, 7) is 19.2. The number of nitrogens with zero attached hydrogens (tertiary/aromatic N) is 4. The van der Waals surface area contributed by atoms with Crippen LogP contribution in [0.1, 0.15) is 67.2 Å². The van der Waals surface area contributed by atoms with Gasteiger partial charge in [0, 0.05) is 52.4 Å². The summed E-state index contributed by atoms with van der Waals surface area (Å²) in [4.78, 5) is 23.8. The van der Waals surface area contributed by atoms with Crippen molar-refractivity contribution in [3.8, 4) is 0 Å². The monoisotopic (exact) mass is 437 g/mol. The number of hydrogen-bond donors (Lipinski definition) is 1. The molecule has 0 bridgehead atoms. The minimum Gasteiger partial charge on any atom is -0.444 e. The molecule has 0 aromatic rings. The van der Waals surface area contributed by atoms with Gasteiger partial charge in [0.15, 0.2) is 5.96 Å². The lowest BCUT2D eigenvalue weighted by Gasteiger charge is -2.38. The topological polar surface area (TPSA) is 60.4 Å². The molecule has 2 saturated heterocycles. The van der Waals surface area contributed by atoms with Crippen LogP contribution in [0.25, 0.3) is 0 Å². The minimum atomic E-state index is -0.448. The molecule has 2 aliphatic rings. The van der Waals surface area contributed by atoms with Gasteiger partial charge in [0.1, 0.15) is 5.60 Å². The maximum Gasteiger partial charge on any atom is 0.410 e. The van der Waals surface area contributed by atoms with Gasteiger partial charge < -0.3 is 24.8 Å². The molecular formula is C24H47N5O2. The van der Waals surface area contributed by atoms with Crippen molar-refractivity contribution < 1.29 is 9.53 Å². The molecule has 1 N–H and O–H groups in total. The average molecular weight is 438 g/mol. The number of piperidine rings is 2. The van der Waals surface area contributed by atoms with Gasteiger partial charge in [0.25, 0.3) is 0 Å². The predicted octanol–water partition coefficient (Wildman–Crippen LogP) is 3.65. The van der Waals surface area contributed by atoms with Crippen LogP contribution >= 0.6 is 0 Å². The van der Waals surface area contributed by atoms with Crippen LogP contribution in [0, 0.1) is 11.8 Å². The Morgan fingerprint density at radius 3 is 2.39 bits per heavy atom. The van der Waals surface area contributed by atoms with Crippen LogP contribution in [0.15, 0.2) is 4.99 Å². The molecule has 0 radical (unpaired) electrons. The summed E-state index contributed by atoms with van der Waals surface area (Å²) in [5, 5.41) is 3.64. The second-order valence-electron chi connectivity index (χ2n) is 10.5. The van der Waals surface area contributed by atoms with Gasteiger partial charge in [-0.25, -0.2) is 4.79 Å². The molecule has 180 valence electrons. The van der Waals surface area contributed by atoms with E-state index in [4.69, 9.17) is 4.74 Å². The van der Waals surface area contributed by atoms with Crippen molar-refractivity contribution in [2.24, 2.45) is 16.8 Å². The summed E-state index contributed by atoms with van der Waals surface area (Å²) in [5.74, 6) is 2.23. The Morgan fingerprint density at radius 1 is 1.16 bits per heavy atom. The predicted molar refractivity (Wildman–Crippen MR) is 129 cm³/mol. The summed E-state index contributed by atoms with van der Waals surface area (Å²) < 4.78 is 5.56. The quantitative estimate of drug-likeness (QED) is 0.508. The van der Waals surface area contributed by atoms with E-state index in [1.807, 2.05) is 39.6 Å². The molecule has 0 saturated carbocycles. The summed E-state index contributed by atoms with van der Waals surface area (Å²) in [5.41, 5.74) is -0.448. The van der Waals surface area contributed by atoms with E-state index in [-0.39, 0.29) is 6.09 Å². The standard InChI is InChI=1S/C24H47N5O2/c1-8-27(23(30)31-24(4,5)6)17-20-11-14-28(15-12-20)22(25-7)26-16-21-10-9-13-29(18-21)19(2)3/h19-21H,8-18H2,1-7H3,(H,25,26). The van der Waals surface area contributed by atoms with E-state index >= 15 is 0 Å². The number of guanidine groups is 1. The largest absolute Gasteiger partial charge is 0.444 e. The number of amides is 1. The van der Waals surface area contributed by atoms with E-state index in [2.05, 4.69) is 34.0 Å². The highest BCUT2D eigenvalue weighted by molar-refractivity contribution is 5.80. The Bertz CT molecular complexity index is 579. The maximum absolute atomic E-state index is 12.4. The highest BCUT2D eigenvalue weighted by atomic mass is 16.6. The zero-order valence-corrected chi connectivity index (χ0v) is 21.1.